The van der Waals surface area contributed by atoms with Crippen molar-refractivity contribution >= 4 is 50.9 Å². The summed E-state index contributed by atoms with van der Waals surface area (Å²) in [5, 5.41) is 3.91. The van der Waals surface area contributed by atoms with E-state index in [2.05, 4.69) is 9.82 Å². The lowest BCUT2D eigenvalue weighted by molar-refractivity contribution is -0.141. The Balaban J connectivity index is 2.26. The molecule has 0 atom stereocenters. The third-order valence-corrected chi connectivity index (χ3v) is 5.87. The fraction of sp³-hybridized carbons (Fsp3) is 0.562. The number of sulfonamides is 1. The Morgan fingerprint density at radius 3 is 2.24 bits per heavy atom. The van der Waals surface area contributed by atoms with Gasteiger partial charge < -0.3 is 9.31 Å². The monoisotopic (exact) mass is 453 g/mol. The molecule has 0 amide bonds. The average Bonchev–Trinajstić information content (AvgIpc) is 2.91. The highest BCUT2D eigenvalue weighted by atomic mass is 35.5. The van der Waals surface area contributed by atoms with Gasteiger partial charge in [-0.2, -0.15) is 18.3 Å². The van der Waals surface area contributed by atoms with E-state index in [0.29, 0.717) is 4.68 Å². The lowest BCUT2D eigenvalue weighted by atomic mass is 9.77. The molecule has 0 bridgehead atoms. The normalized spacial score (nSPS) is 19.1. The van der Waals surface area contributed by atoms with E-state index >= 15 is 0 Å². The number of rotatable bonds is 4. The minimum atomic E-state index is -4.60. The van der Waals surface area contributed by atoms with Crippen molar-refractivity contribution in [3.8, 4) is 0 Å². The van der Waals surface area contributed by atoms with Crippen LogP contribution in [0.15, 0.2) is 12.1 Å². The summed E-state index contributed by atoms with van der Waals surface area (Å²) in [5.74, 6) is -0.296. The Bertz CT molecular complexity index is 1050. The molecule has 1 N–H and O–H groups in total. The number of benzene rings is 1. The van der Waals surface area contributed by atoms with Crippen LogP contribution in [-0.4, -0.2) is 49.0 Å². The maximum Gasteiger partial charge on any atom is 0.497 e. The van der Waals surface area contributed by atoms with E-state index < -0.39 is 41.1 Å². The molecule has 0 radical (unpaired) electrons. The standard InChI is InChI=1S/C16H20BClF3N3O4S/c1-14(2)15(3,4)28-17(27-14)9-6-7-10(18)11-12(9)24(8-16(19,20)21)22-13(11)23-29(5,25)26/h6-7H,8H2,1-5H3,(H,22,23). The van der Waals surface area contributed by atoms with Gasteiger partial charge in [-0.1, -0.05) is 17.7 Å². The average molecular weight is 454 g/mol. The van der Waals surface area contributed by atoms with Gasteiger partial charge >= 0.3 is 13.3 Å². The van der Waals surface area contributed by atoms with Gasteiger partial charge in [-0.15, -0.1) is 0 Å². The van der Waals surface area contributed by atoms with Gasteiger partial charge in [-0.3, -0.25) is 9.40 Å². The summed E-state index contributed by atoms with van der Waals surface area (Å²) < 4.78 is 77.6. The third-order valence-electron chi connectivity index (χ3n) is 4.99. The van der Waals surface area contributed by atoms with E-state index in [9.17, 15) is 21.6 Å². The summed E-state index contributed by atoms with van der Waals surface area (Å²) in [5.41, 5.74) is -1.21. The maximum absolute atomic E-state index is 13.2. The number of nitrogens with one attached hydrogen (secondary N) is 1. The molecule has 1 saturated heterocycles. The van der Waals surface area contributed by atoms with Gasteiger partial charge in [0, 0.05) is 5.46 Å². The van der Waals surface area contributed by atoms with Gasteiger partial charge in [0.1, 0.15) is 6.54 Å². The van der Waals surface area contributed by atoms with Crippen molar-refractivity contribution in [2.75, 3.05) is 11.0 Å². The highest BCUT2D eigenvalue weighted by Crippen LogP contribution is 2.38. The SMILES string of the molecule is CC1(C)OB(c2ccc(Cl)c3c(NS(C)(=O)=O)nn(CC(F)(F)F)c23)OC1(C)C. The van der Waals surface area contributed by atoms with Crippen molar-refractivity contribution in [1.29, 1.82) is 0 Å². The summed E-state index contributed by atoms with van der Waals surface area (Å²) in [6, 6.07) is 2.93. The number of fused-ring (bicyclic) bond motifs is 1. The van der Waals surface area contributed by atoms with Crippen LogP contribution < -0.4 is 10.2 Å². The second-order valence-corrected chi connectivity index (χ2v) is 10.1. The second-order valence-electron chi connectivity index (χ2n) is 7.94. The van der Waals surface area contributed by atoms with Gasteiger partial charge in [-0.25, -0.2) is 8.42 Å². The van der Waals surface area contributed by atoms with Crippen LogP contribution in [0.1, 0.15) is 27.7 Å². The number of aromatic nitrogens is 2. The first-order valence-corrected chi connectivity index (χ1v) is 10.9. The Labute approximate surface area is 171 Å². The molecule has 0 aliphatic carbocycles. The third kappa shape index (κ3) is 4.35. The van der Waals surface area contributed by atoms with Gasteiger partial charge in [0.25, 0.3) is 0 Å². The van der Waals surface area contributed by atoms with Crippen LogP contribution in [0.25, 0.3) is 10.9 Å². The molecule has 1 aromatic heterocycles. The largest absolute Gasteiger partial charge is 0.497 e. The van der Waals surface area contributed by atoms with Crippen LogP contribution in [0.4, 0.5) is 19.0 Å². The predicted molar refractivity (Wildman–Crippen MR) is 105 cm³/mol. The van der Waals surface area contributed by atoms with E-state index in [1.807, 2.05) is 27.7 Å². The highest BCUT2D eigenvalue weighted by Gasteiger charge is 2.52. The van der Waals surface area contributed by atoms with Crippen LogP contribution in [-0.2, 0) is 25.9 Å². The van der Waals surface area contributed by atoms with Crippen molar-refractivity contribution in [3.05, 3.63) is 17.2 Å². The van der Waals surface area contributed by atoms with Crippen molar-refractivity contribution in [3.63, 3.8) is 0 Å². The molecular weight excluding hydrogens is 434 g/mol. The molecule has 2 aromatic rings. The molecule has 29 heavy (non-hydrogen) atoms. The van der Waals surface area contributed by atoms with E-state index in [0.717, 1.165) is 6.26 Å². The molecular formula is C16H20BClF3N3O4S. The van der Waals surface area contributed by atoms with E-state index in [4.69, 9.17) is 20.9 Å². The topological polar surface area (TPSA) is 82.5 Å². The van der Waals surface area contributed by atoms with E-state index in [1.54, 1.807) is 0 Å². The first kappa shape index (κ1) is 22.2. The van der Waals surface area contributed by atoms with Crippen molar-refractivity contribution in [2.45, 2.75) is 51.6 Å². The van der Waals surface area contributed by atoms with Gasteiger partial charge in [-0.05, 0) is 33.8 Å². The highest BCUT2D eigenvalue weighted by molar-refractivity contribution is 7.92. The van der Waals surface area contributed by atoms with Crippen LogP contribution >= 0.6 is 11.6 Å². The van der Waals surface area contributed by atoms with Crippen molar-refractivity contribution in [1.82, 2.24) is 9.78 Å². The predicted octanol–water partition coefficient (Wildman–Crippen LogP) is 2.92. The fourth-order valence-electron chi connectivity index (χ4n) is 3.00. The summed E-state index contributed by atoms with van der Waals surface area (Å²) >= 11 is 6.22. The van der Waals surface area contributed by atoms with Crippen molar-refractivity contribution in [2.24, 2.45) is 0 Å². The maximum atomic E-state index is 13.2. The van der Waals surface area contributed by atoms with E-state index in [1.165, 1.54) is 12.1 Å². The Kier molecular flexibility index (Phi) is 5.17. The van der Waals surface area contributed by atoms with Crippen LogP contribution in [0.5, 0.6) is 0 Å². The molecule has 7 nitrogen and oxygen atoms in total. The Morgan fingerprint density at radius 2 is 1.76 bits per heavy atom. The smallest absolute Gasteiger partial charge is 0.399 e. The summed E-state index contributed by atoms with van der Waals surface area (Å²) in [6.07, 6.45) is -3.73. The lowest BCUT2D eigenvalue weighted by Gasteiger charge is -2.32. The van der Waals surface area contributed by atoms with Crippen molar-refractivity contribution < 1.29 is 30.9 Å². The molecule has 1 aromatic carbocycles. The first-order valence-electron chi connectivity index (χ1n) is 8.60. The first-order chi connectivity index (χ1) is 13.0. The number of nitrogens with zero attached hydrogens (tertiary/aromatic N) is 2. The number of hydrogen-bond acceptors (Lipinski definition) is 5. The van der Waals surface area contributed by atoms with Crippen LogP contribution in [0.3, 0.4) is 0 Å². The van der Waals surface area contributed by atoms with Crippen LogP contribution in [0.2, 0.25) is 5.02 Å². The quantitative estimate of drug-likeness (QED) is 0.720. The summed E-state index contributed by atoms with van der Waals surface area (Å²) in [4.78, 5) is 0. The zero-order chi connectivity index (χ0) is 22.0. The number of hydrogen-bond donors (Lipinski definition) is 1. The molecule has 1 aliphatic heterocycles. The molecule has 1 fully saturated rings. The second kappa shape index (κ2) is 6.76. The molecule has 0 saturated carbocycles. The number of halogens is 4. The van der Waals surface area contributed by atoms with E-state index in [-0.39, 0.29) is 27.2 Å². The van der Waals surface area contributed by atoms with Gasteiger partial charge in [0.2, 0.25) is 10.0 Å². The van der Waals surface area contributed by atoms with Gasteiger partial charge in [0.15, 0.2) is 5.82 Å². The molecule has 0 spiro atoms. The molecule has 2 heterocycles. The zero-order valence-corrected chi connectivity index (χ0v) is 18.0. The zero-order valence-electron chi connectivity index (χ0n) is 16.4. The Morgan fingerprint density at radius 1 is 1.21 bits per heavy atom. The molecule has 3 rings (SSSR count). The number of alkyl halides is 3. The van der Waals surface area contributed by atoms with Crippen LogP contribution in [0, 0.1) is 0 Å². The Hall–Kier alpha value is -1.50. The summed E-state index contributed by atoms with van der Waals surface area (Å²) in [6.45, 7) is 5.79. The van der Waals surface area contributed by atoms with Gasteiger partial charge in [0.05, 0.1) is 33.4 Å². The molecule has 0 unspecified atom stereocenters. The fourth-order valence-corrected chi connectivity index (χ4v) is 3.73. The lowest BCUT2D eigenvalue weighted by Crippen LogP contribution is -2.41. The molecule has 1 aliphatic rings. The minimum absolute atomic E-state index is 0.0144. The summed E-state index contributed by atoms with van der Waals surface area (Å²) in [7, 11) is -4.80. The number of anilines is 1. The molecule has 13 heteroatoms. The minimum Gasteiger partial charge on any atom is -0.399 e. The molecule has 160 valence electrons.